The minimum atomic E-state index is -0.406. The van der Waals surface area contributed by atoms with E-state index in [0.29, 0.717) is 11.5 Å². The number of benzene rings is 1. The van der Waals surface area contributed by atoms with Crippen molar-refractivity contribution in [2.45, 2.75) is 19.3 Å². The zero-order valence-corrected chi connectivity index (χ0v) is 9.67. The Bertz CT molecular complexity index is 633. The largest absolute Gasteiger partial charge is 0.382 e. The Kier molecular flexibility index (Phi) is 2.29. The molecule has 2 aromatic rings. The number of aromatic nitrogens is 2. The van der Waals surface area contributed by atoms with Crippen LogP contribution in [0.25, 0.3) is 5.69 Å². The van der Waals surface area contributed by atoms with Crippen molar-refractivity contribution in [2.24, 2.45) is 0 Å². The lowest BCUT2D eigenvalue weighted by Crippen LogP contribution is -2.02. The van der Waals surface area contributed by atoms with Gasteiger partial charge in [-0.2, -0.15) is 5.10 Å². The molecule has 1 aliphatic carbocycles. The first-order valence-corrected chi connectivity index (χ1v) is 5.78. The van der Waals surface area contributed by atoms with Crippen LogP contribution in [0.3, 0.4) is 0 Å². The lowest BCUT2D eigenvalue weighted by Gasteiger charge is -2.04. The summed E-state index contributed by atoms with van der Waals surface area (Å²) in [5.41, 5.74) is 8.78. The summed E-state index contributed by atoms with van der Waals surface area (Å²) < 4.78 is 1.73. The molecule has 0 radical (unpaired) electrons. The molecule has 0 atom stereocenters. The van der Waals surface area contributed by atoms with Gasteiger partial charge in [-0.25, -0.2) is 4.68 Å². The van der Waals surface area contributed by atoms with E-state index in [0.717, 1.165) is 30.5 Å². The Hall–Kier alpha value is -2.37. The number of nitrogen functional groups attached to an aromatic ring is 1. The van der Waals surface area contributed by atoms with E-state index in [1.807, 2.05) is 0 Å². The minimum Gasteiger partial charge on any atom is -0.382 e. The molecule has 0 fully saturated rings. The zero-order chi connectivity index (χ0) is 12.7. The molecule has 18 heavy (non-hydrogen) atoms. The molecule has 6 nitrogen and oxygen atoms in total. The predicted molar refractivity (Wildman–Crippen MR) is 66.7 cm³/mol. The second-order valence-electron chi connectivity index (χ2n) is 4.35. The van der Waals surface area contributed by atoms with Crippen LogP contribution in [0.2, 0.25) is 0 Å². The van der Waals surface area contributed by atoms with Crippen molar-refractivity contribution in [3.8, 4) is 5.69 Å². The third kappa shape index (κ3) is 1.54. The Labute approximate surface area is 103 Å². The zero-order valence-electron chi connectivity index (χ0n) is 9.67. The van der Waals surface area contributed by atoms with E-state index >= 15 is 0 Å². The van der Waals surface area contributed by atoms with Crippen molar-refractivity contribution >= 4 is 11.5 Å². The maximum atomic E-state index is 10.8. The van der Waals surface area contributed by atoms with Crippen molar-refractivity contribution in [1.29, 1.82) is 0 Å². The fourth-order valence-corrected chi connectivity index (χ4v) is 2.42. The summed E-state index contributed by atoms with van der Waals surface area (Å²) in [6.07, 6.45) is 2.92. The number of anilines is 1. The Balaban J connectivity index is 2.13. The van der Waals surface area contributed by atoms with Gasteiger partial charge in [-0.3, -0.25) is 10.1 Å². The molecule has 1 aliphatic rings. The van der Waals surface area contributed by atoms with Gasteiger partial charge in [-0.1, -0.05) is 6.07 Å². The first-order chi connectivity index (χ1) is 8.66. The summed E-state index contributed by atoms with van der Waals surface area (Å²) in [6, 6.07) is 6.45. The molecular formula is C12H12N4O2. The normalized spacial score (nSPS) is 13.6. The highest BCUT2D eigenvalue weighted by Crippen LogP contribution is 2.29. The average Bonchev–Trinajstić information content (AvgIpc) is 2.94. The summed E-state index contributed by atoms with van der Waals surface area (Å²) >= 11 is 0. The Morgan fingerprint density at radius 1 is 1.39 bits per heavy atom. The van der Waals surface area contributed by atoms with Crippen LogP contribution in [0, 0.1) is 10.1 Å². The molecule has 2 N–H and O–H groups in total. The number of hydrogen-bond acceptors (Lipinski definition) is 4. The number of fused-ring (bicyclic) bond motifs is 1. The summed E-state index contributed by atoms with van der Waals surface area (Å²) in [5.74, 6) is 0.536. The molecule has 0 saturated heterocycles. The van der Waals surface area contributed by atoms with E-state index < -0.39 is 4.92 Å². The van der Waals surface area contributed by atoms with Crippen LogP contribution in [-0.2, 0) is 12.8 Å². The van der Waals surface area contributed by atoms with Crippen molar-refractivity contribution in [2.75, 3.05) is 5.73 Å². The van der Waals surface area contributed by atoms with Gasteiger partial charge >= 0.3 is 0 Å². The summed E-state index contributed by atoms with van der Waals surface area (Å²) in [5, 5.41) is 15.0. The van der Waals surface area contributed by atoms with Crippen molar-refractivity contribution in [3.05, 3.63) is 45.6 Å². The summed E-state index contributed by atoms with van der Waals surface area (Å²) in [4.78, 5) is 10.4. The number of nitro groups is 1. The van der Waals surface area contributed by atoms with Gasteiger partial charge < -0.3 is 5.73 Å². The SMILES string of the molecule is Nc1nn(-c2cccc([N+](=O)[O-])c2)c2c1CCC2. The van der Waals surface area contributed by atoms with Crippen LogP contribution in [0.1, 0.15) is 17.7 Å². The average molecular weight is 244 g/mol. The Morgan fingerprint density at radius 2 is 2.22 bits per heavy atom. The maximum absolute atomic E-state index is 10.8. The molecule has 1 aromatic carbocycles. The van der Waals surface area contributed by atoms with Crippen molar-refractivity contribution in [3.63, 3.8) is 0 Å². The molecule has 0 amide bonds. The first kappa shape index (κ1) is 10.8. The molecule has 0 bridgehead atoms. The molecule has 92 valence electrons. The van der Waals surface area contributed by atoms with E-state index in [-0.39, 0.29) is 5.69 Å². The molecule has 3 rings (SSSR count). The standard InChI is InChI=1S/C12H12N4O2/c13-12-10-5-2-6-11(10)15(14-12)8-3-1-4-9(7-8)16(17)18/h1,3-4,7H,2,5-6H2,(H2,13,14). The van der Waals surface area contributed by atoms with E-state index in [2.05, 4.69) is 5.10 Å². The maximum Gasteiger partial charge on any atom is 0.271 e. The van der Waals surface area contributed by atoms with Crippen LogP contribution in [-0.4, -0.2) is 14.7 Å². The molecule has 1 aromatic heterocycles. The van der Waals surface area contributed by atoms with E-state index in [1.54, 1.807) is 16.8 Å². The first-order valence-electron chi connectivity index (χ1n) is 5.78. The molecule has 0 unspecified atom stereocenters. The number of rotatable bonds is 2. The van der Waals surface area contributed by atoms with Crippen LogP contribution in [0.15, 0.2) is 24.3 Å². The van der Waals surface area contributed by atoms with Gasteiger partial charge in [0.25, 0.3) is 5.69 Å². The topological polar surface area (TPSA) is 87.0 Å². The van der Waals surface area contributed by atoms with Gasteiger partial charge in [-0.05, 0) is 25.3 Å². The van der Waals surface area contributed by atoms with Gasteiger partial charge in [0.15, 0.2) is 0 Å². The van der Waals surface area contributed by atoms with Gasteiger partial charge in [0.2, 0.25) is 0 Å². The second-order valence-corrected chi connectivity index (χ2v) is 4.35. The summed E-state index contributed by atoms with van der Waals surface area (Å²) in [6.45, 7) is 0. The van der Waals surface area contributed by atoms with E-state index in [1.165, 1.54) is 12.1 Å². The quantitative estimate of drug-likeness (QED) is 0.645. The lowest BCUT2D eigenvalue weighted by atomic mass is 10.2. The highest BCUT2D eigenvalue weighted by Gasteiger charge is 2.22. The second kappa shape index (κ2) is 3.83. The van der Waals surface area contributed by atoms with Gasteiger partial charge in [0.05, 0.1) is 10.6 Å². The predicted octanol–water partition coefficient (Wildman–Crippen LogP) is 1.85. The van der Waals surface area contributed by atoms with E-state index in [4.69, 9.17) is 5.73 Å². The van der Waals surface area contributed by atoms with E-state index in [9.17, 15) is 10.1 Å². The van der Waals surface area contributed by atoms with Gasteiger partial charge in [0, 0.05) is 23.4 Å². The van der Waals surface area contributed by atoms with Crippen LogP contribution >= 0.6 is 0 Å². The third-order valence-corrected chi connectivity index (χ3v) is 3.25. The smallest absolute Gasteiger partial charge is 0.271 e. The lowest BCUT2D eigenvalue weighted by molar-refractivity contribution is -0.384. The Morgan fingerprint density at radius 3 is 3.00 bits per heavy atom. The highest BCUT2D eigenvalue weighted by atomic mass is 16.6. The minimum absolute atomic E-state index is 0.0633. The number of nitro benzene ring substituents is 1. The van der Waals surface area contributed by atoms with Crippen LogP contribution in [0.4, 0.5) is 11.5 Å². The monoisotopic (exact) mass is 244 g/mol. The molecule has 0 spiro atoms. The highest BCUT2D eigenvalue weighted by molar-refractivity contribution is 5.51. The van der Waals surface area contributed by atoms with Gasteiger partial charge in [-0.15, -0.1) is 0 Å². The number of nitrogens with zero attached hydrogens (tertiary/aromatic N) is 3. The van der Waals surface area contributed by atoms with Gasteiger partial charge in [0.1, 0.15) is 5.82 Å². The fraction of sp³-hybridized carbons (Fsp3) is 0.250. The van der Waals surface area contributed by atoms with Crippen molar-refractivity contribution < 1.29 is 4.92 Å². The third-order valence-electron chi connectivity index (χ3n) is 3.25. The molecule has 0 aliphatic heterocycles. The fourth-order valence-electron chi connectivity index (χ4n) is 2.42. The van der Waals surface area contributed by atoms with Crippen LogP contribution < -0.4 is 5.73 Å². The van der Waals surface area contributed by atoms with Crippen LogP contribution in [0.5, 0.6) is 0 Å². The molecule has 6 heteroatoms. The number of non-ortho nitro benzene ring substituents is 1. The number of nitrogens with two attached hydrogens (primary N) is 1. The molecule has 0 saturated carbocycles. The van der Waals surface area contributed by atoms with Crippen molar-refractivity contribution in [1.82, 2.24) is 9.78 Å². The molecule has 1 heterocycles. The summed E-state index contributed by atoms with van der Waals surface area (Å²) in [7, 11) is 0. The molecular weight excluding hydrogens is 232 g/mol. The number of hydrogen-bond donors (Lipinski definition) is 1.